The van der Waals surface area contributed by atoms with Gasteiger partial charge in [0.15, 0.2) is 0 Å². The van der Waals surface area contributed by atoms with Gasteiger partial charge in [-0.25, -0.2) is 0 Å². The van der Waals surface area contributed by atoms with E-state index in [9.17, 15) is 5.11 Å². The molecule has 0 saturated carbocycles. The quantitative estimate of drug-likeness (QED) is 0.778. The molecule has 94 valence electrons. The summed E-state index contributed by atoms with van der Waals surface area (Å²) in [4.78, 5) is 0. The van der Waals surface area contributed by atoms with Gasteiger partial charge in [0.1, 0.15) is 11.4 Å². The van der Waals surface area contributed by atoms with Crippen molar-refractivity contribution in [3.8, 4) is 5.75 Å². The molecular formula is C14H16N2O2. The number of hydrogen-bond acceptors (Lipinski definition) is 4. The molecule has 1 aromatic heterocycles. The lowest BCUT2D eigenvalue weighted by Crippen LogP contribution is -2.10. The Morgan fingerprint density at radius 3 is 2.44 bits per heavy atom. The van der Waals surface area contributed by atoms with Gasteiger partial charge in [-0.15, -0.1) is 10.2 Å². The largest absolute Gasteiger partial charge is 0.505 e. The van der Waals surface area contributed by atoms with Gasteiger partial charge in [0.05, 0.1) is 6.26 Å². The molecule has 0 aliphatic rings. The Bertz CT molecular complexity index is 552. The minimum absolute atomic E-state index is 0.139. The minimum Gasteiger partial charge on any atom is -0.505 e. The number of azo groups is 1. The second-order valence-electron chi connectivity index (χ2n) is 5.07. The van der Waals surface area contributed by atoms with Crippen molar-refractivity contribution >= 4 is 11.6 Å². The van der Waals surface area contributed by atoms with Crippen molar-refractivity contribution in [3.63, 3.8) is 0 Å². The van der Waals surface area contributed by atoms with Crippen molar-refractivity contribution in [3.05, 3.63) is 42.2 Å². The lowest BCUT2D eigenvalue weighted by molar-refractivity contribution is 0.447. The molecule has 0 bridgehead atoms. The summed E-state index contributed by atoms with van der Waals surface area (Å²) in [5.41, 5.74) is 1.15. The zero-order valence-electron chi connectivity index (χ0n) is 10.7. The summed E-state index contributed by atoms with van der Waals surface area (Å²) in [7, 11) is 0. The molecule has 0 aliphatic heterocycles. The van der Waals surface area contributed by atoms with E-state index in [1.54, 1.807) is 18.2 Å². The first-order valence-corrected chi connectivity index (χ1v) is 5.76. The van der Waals surface area contributed by atoms with Gasteiger partial charge in [-0.05, 0) is 17.5 Å². The molecule has 0 radical (unpaired) electrons. The number of phenols is 1. The van der Waals surface area contributed by atoms with Gasteiger partial charge in [-0.1, -0.05) is 32.9 Å². The number of furan rings is 1. The SMILES string of the molecule is CC(C)(C)c1cccc(N=Nc2ccco2)c1O. The Morgan fingerprint density at radius 1 is 1.06 bits per heavy atom. The number of nitrogens with zero attached hydrogens (tertiary/aromatic N) is 2. The number of benzene rings is 1. The lowest BCUT2D eigenvalue weighted by Gasteiger charge is -2.20. The molecule has 0 fully saturated rings. The van der Waals surface area contributed by atoms with Gasteiger partial charge in [0.25, 0.3) is 0 Å². The number of rotatable bonds is 2. The summed E-state index contributed by atoms with van der Waals surface area (Å²) < 4.78 is 5.05. The number of aromatic hydroxyl groups is 1. The van der Waals surface area contributed by atoms with Gasteiger partial charge in [-0.3, -0.25) is 0 Å². The topological polar surface area (TPSA) is 58.1 Å². The summed E-state index contributed by atoms with van der Waals surface area (Å²) in [5, 5.41) is 18.1. The van der Waals surface area contributed by atoms with E-state index >= 15 is 0 Å². The third kappa shape index (κ3) is 2.59. The van der Waals surface area contributed by atoms with Crippen molar-refractivity contribution in [1.29, 1.82) is 0 Å². The Morgan fingerprint density at radius 2 is 1.83 bits per heavy atom. The summed E-state index contributed by atoms with van der Waals surface area (Å²) in [6, 6.07) is 8.91. The second-order valence-corrected chi connectivity index (χ2v) is 5.07. The average Bonchev–Trinajstić information content (AvgIpc) is 2.79. The highest BCUT2D eigenvalue weighted by Gasteiger charge is 2.19. The van der Waals surface area contributed by atoms with Crippen LogP contribution in [0, 0.1) is 0 Å². The highest BCUT2D eigenvalue weighted by molar-refractivity contribution is 5.56. The molecule has 0 amide bonds. The highest BCUT2D eigenvalue weighted by atomic mass is 16.3. The zero-order chi connectivity index (χ0) is 13.2. The van der Waals surface area contributed by atoms with E-state index < -0.39 is 0 Å². The molecule has 2 aromatic rings. The summed E-state index contributed by atoms with van der Waals surface area (Å²) in [6.07, 6.45) is 1.53. The fourth-order valence-electron chi connectivity index (χ4n) is 1.65. The van der Waals surface area contributed by atoms with Crippen molar-refractivity contribution < 1.29 is 9.52 Å². The molecule has 0 atom stereocenters. The monoisotopic (exact) mass is 244 g/mol. The standard InChI is InChI=1S/C14H16N2O2/c1-14(2,3)10-6-4-7-11(13(10)17)15-16-12-8-5-9-18-12/h4-9,17H,1-3H3. The van der Waals surface area contributed by atoms with Gasteiger partial charge in [0, 0.05) is 11.6 Å². The summed E-state index contributed by atoms with van der Waals surface area (Å²) >= 11 is 0. The first-order chi connectivity index (χ1) is 8.48. The van der Waals surface area contributed by atoms with Crippen LogP contribution < -0.4 is 0 Å². The number of phenolic OH excluding ortho intramolecular Hbond substituents is 1. The predicted molar refractivity (Wildman–Crippen MR) is 69.7 cm³/mol. The van der Waals surface area contributed by atoms with Crippen LogP contribution in [0.4, 0.5) is 11.6 Å². The molecule has 4 nitrogen and oxygen atoms in total. The van der Waals surface area contributed by atoms with Crippen LogP contribution in [0.1, 0.15) is 26.3 Å². The van der Waals surface area contributed by atoms with Gasteiger partial charge in [-0.2, -0.15) is 0 Å². The first-order valence-electron chi connectivity index (χ1n) is 5.76. The van der Waals surface area contributed by atoms with E-state index in [4.69, 9.17) is 4.42 Å². The van der Waals surface area contributed by atoms with Crippen LogP contribution in [-0.4, -0.2) is 5.11 Å². The van der Waals surface area contributed by atoms with Crippen LogP contribution in [0.3, 0.4) is 0 Å². The van der Waals surface area contributed by atoms with Crippen molar-refractivity contribution in [1.82, 2.24) is 0 Å². The molecule has 4 heteroatoms. The molecule has 1 N–H and O–H groups in total. The molecule has 1 heterocycles. The van der Waals surface area contributed by atoms with E-state index in [1.165, 1.54) is 6.26 Å². The minimum atomic E-state index is -0.139. The summed E-state index contributed by atoms with van der Waals surface area (Å²) in [6.45, 7) is 6.11. The third-order valence-corrected chi connectivity index (χ3v) is 2.59. The Hall–Kier alpha value is -2.10. The van der Waals surface area contributed by atoms with Crippen molar-refractivity contribution in [2.24, 2.45) is 10.2 Å². The lowest BCUT2D eigenvalue weighted by atomic mass is 9.86. The number of para-hydroxylation sites is 1. The third-order valence-electron chi connectivity index (χ3n) is 2.59. The van der Waals surface area contributed by atoms with E-state index in [1.807, 2.05) is 32.9 Å². The first kappa shape index (κ1) is 12.4. The fourth-order valence-corrected chi connectivity index (χ4v) is 1.65. The van der Waals surface area contributed by atoms with Gasteiger partial charge >= 0.3 is 0 Å². The van der Waals surface area contributed by atoms with Crippen molar-refractivity contribution in [2.75, 3.05) is 0 Å². The normalized spacial score (nSPS) is 12.2. The molecule has 1 aromatic carbocycles. The van der Waals surface area contributed by atoms with Crippen LogP contribution in [0.2, 0.25) is 0 Å². The van der Waals surface area contributed by atoms with E-state index in [0.717, 1.165) is 5.56 Å². The van der Waals surface area contributed by atoms with Crippen LogP contribution in [0.25, 0.3) is 0 Å². The Kier molecular flexibility index (Phi) is 3.19. The number of hydrogen-bond donors (Lipinski definition) is 1. The van der Waals surface area contributed by atoms with Crippen LogP contribution >= 0.6 is 0 Å². The van der Waals surface area contributed by atoms with Crippen LogP contribution in [0.15, 0.2) is 51.2 Å². The molecule has 2 rings (SSSR count). The van der Waals surface area contributed by atoms with E-state index in [-0.39, 0.29) is 11.2 Å². The van der Waals surface area contributed by atoms with Crippen LogP contribution in [-0.2, 0) is 5.41 Å². The maximum atomic E-state index is 10.2. The molecule has 18 heavy (non-hydrogen) atoms. The maximum Gasteiger partial charge on any atom is 0.238 e. The molecule has 0 spiro atoms. The second kappa shape index (κ2) is 4.64. The van der Waals surface area contributed by atoms with Crippen LogP contribution in [0.5, 0.6) is 5.75 Å². The van der Waals surface area contributed by atoms with E-state index in [2.05, 4.69) is 10.2 Å². The predicted octanol–water partition coefficient (Wildman–Crippen LogP) is 4.70. The highest BCUT2D eigenvalue weighted by Crippen LogP contribution is 2.37. The van der Waals surface area contributed by atoms with Gasteiger partial charge < -0.3 is 9.52 Å². The smallest absolute Gasteiger partial charge is 0.238 e. The molecular weight excluding hydrogens is 228 g/mol. The Balaban J connectivity index is 2.35. The van der Waals surface area contributed by atoms with Gasteiger partial charge in [0.2, 0.25) is 5.88 Å². The van der Waals surface area contributed by atoms with E-state index in [0.29, 0.717) is 11.6 Å². The molecule has 0 saturated heterocycles. The summed E-state index contributed by atoms with van der Waals surface area (Å²) in [5.74, 6) is 0.580. The zero-order valence-corrected chi connectivity index (χ0v) is 10.7. The molecule has 0 aliphatic carbocycles. The maximum absolute atomic E-state index is 10.2. The molecule has 0 unspecified atom stereocenters. The Labute approximate surface area is 106 Å². The van der Waals surface area contributed by atoms with Crippen molar-refractivity contribution in [2.45, 2.75) is 26.2 Å². The average molecular weight is 244 g/mol. The fraction of sp³-hybridized carbons (Fsp3) is 0.286.